The van der Waals surface area contributed by atoms with Crippen LogP contribution in [0.4, 0.5) is 10.5 Å². The van der Waals surface area contributed by atoms with E-state index in [2.05, 4.69) is 51.6 Å². The number of carbonyl (C=O) groups is 2. The van der Waals surface area contributed by atoms with Crippen molar-refractivity contribution in [3.63, 3.8) is 0 Å². The zero-order chi connectivity index (χ0) is 24.1. The van der Waals surface area contributed by atoms with Gasteiger partial charge in [-0.2, -0.15) is 0 Å². The average Bonchev–Trinajstić information content (AvgIpc) is 2.85. The van der Waals surface area contributed by atoms with E-state index in [1.807, 2.05) is 31.2 Å². The summed E-state index contributed by atoms with van der Waals surface area (Å²) in [5, 5.41) is 5.73. The lowest BCUT2D eigenvalue weighted by atomic mass is 9.95. The molecule has 0 radical (unpaired) electrons. The zero-order valence-corrected chi connectivity index (χ0v) is 20.0. The van der Waals surface area contributed by atoms with E-state index < -0.39 is 12.0 Å². The molecule has 8 nitrogen and oxygen atoms in total. The van der Waals surface area contributed by atoms with E-state index in [4.69, 9.17) is 9.47 Å². The molecule has 4 rings (SSSR count). The lowest BCUT2D eigenvalue weighted by molar-refractivity contribution is -0.136. The number of hydrogen-bond acceptors (Lipinski definition) is 6. The van der Waals surface area contributed by atoms with Gasteiger partial charge in [0.25, 0.3) is 0 Å². The highest BCUT2D eigenvalue weighted by Gasteiger charge is 2.34. The minimum Gasteiger partial charge on any atom is -0.494 e. The van der Waals surface area contributed by atoms with E-state index >= 15 is 0 Å². The number of methoxy groups -OCH3 is 1. The molecular formula is C26H32N4O4. The summed E-state index contributed by atoms with van der Waals surface area (Å²) in [6.45, 7) is 8.43. The Morgan fingerprint density at radius 3 is 2.32 bits per heavy atom. The van der Waals surface area contributed by atoms with Crippen molar-refractivity contribution in [1.82, 2.24) is 15.5 Å². The van der Waals surface area contributed by atoms with Crippen molar-refractivity contribution in [3.05, 3.63) is 70.9 Å². The molecule has 1 fully saturated rings. The van der Waals surface area contributed by atoms with Crippen molar-refractivity contribution in [2.75, 3.05) is 51.3 Å². The summed E-state index contributed by atoms with van der Waals surface area (Å²) in [5.41, 5.74) is 4.25. The number of rotatable bonds is 7. The van der Waals surface area contributed by atoms with Gasteiger partial charge in [0.15, 0.2) is 0 Å². The first kappa shape index (κ1) is 23.6. The van der Waals surface area contributed by atoms with Crippen LogP contribution in [0.25, 0.3) is 0 Å². The van der Waals surface area contributed by atoms with Crippen LogP contribution >= 0.6 is 0 Å². The Morgan fingerprint density at radius 2 is 1.71 bits per heavy atom. The Balaban J connectivity index is 1.52. The summed E-state index contributed by atoms with van der Waals surface area (Å²) >= 11 is 0. The lowest BCUT2D eigenvalue weighted by Gasteiger charge is -2.38. The topological polar surface area (TPSA) is 83.1 Å². The van der Waals surface area contributed by atoms with Gasteiger partial charge in [0.05, 0.1) is 25.3 Å². The van der Waals surface area contributed by atoms with Crippen LogP contribution in [0.3, 0.4) is 0 Å². The largest absolute Gasteiger partial charge is 0.494 e. The maximum absolute atomic E-state index is 12.8. The van der Waals surface area contributed by atoms with Crippen molar-refractivity contribution in [2.24, 2.45) is 0 Å². The predicted molar refractivity (Wildman–Crippen MR) is 131 cm³/mol. The average molecular weight is 465 g/mol. The Hall–Kier alpha value is -3.52. The van der Waals surface area contributed by atoms with Gasteiger partial charge in [0.1, 0.15) is 5.75 Å². The lowest BCUT2D eigenvalue weighted by Crippen LogP contribution is -2.51. The van der Waals surface area contributed by atoms with Gasteiger partial charge in [0, 0.05) is 44.1 Å². The molecular weight excluding hydrogens is 432 g/mol. The molecule has 0 saturated carbocycles. The fourth-order valence-corrected chi connectivity index (χ4v) is 4.41. The molecule has 2 N–H and O–H groups in total. The second kappa shape index (κ2) is 10.6. The van der Waals surface area contributed by atoms with Crippen LogP contribution in [-0.2, 0) is 9.53 Å². The number of carbonyl (C=O) groups excluding carboxylic acids is 2. The van der Waals surface area contributed by atoms with Crippen molar-refractivity contribution in [3.8, 4) is 5.75 Å². The first-order valence-electron chi connectivity index (χ1n) is 11.6. The van der Waals surface area contributed by atoms with Crippen LogP contribution in [0, 0.1) is 6.92 Å². The number of esters is 1. The number of ether oxygens (including phenoxy) is 2. The van der Waals surface area contributed by atoms with Gasteiger partial charge in [-0.15, -0.1) is 0 Å². The number of benzene rings is 2. The molecule has 1 unspecified atom stereocenters. The fraction of sp³-hybridized carbons (Fsp3) is 0.385. The molecule has 2 aliphatic heterocycles. The zero-order valence-electron chi connectivity index (χ0n) is 20.0. The first-order chi connectivity index (χ1) is 16.5. The SMILES string of the molecule is CCOc1ccc(C2NC(=O)NC(CN3CCN(c4ccc(C)cc4)CC3)=C2C(=O)OC)cc1. The molecule has 2 aliphatic rings. The van der Waals surface area contributed by atoms with E-state index in [9.17, 15) is 9.59 Å². The van der Waals surface area contributed by atoms with Crippen molar-refractivity contribution in [2.45, 2.75) is 19.9 Å². The highest BCUT2D eigenvalue weighted by atomic mass is 16.5. The molecule has 180 valence electrons. The van der Waals surface area contributed by atoms with Crippen LogP contribution in [-0.4, -0.2) is 63.3 Å². The minimum atomic E-state index is -0.597. The predicted octanol–water partition coefficient (Wildman–Crippen LogP) is 3.00. The maximum Gasteiger partial charge on any atom is 0.338 e. The van der Waals surface area contributed by atoms with E-state index in [0.29, 0.717) is 24.4 Å². The quantitative estimate of drug-likeness (QED) is 0.613. The highest BCUT2D eigenvalue weighted by molar-refractivity contribution is 5.95. The maximum atomic E-state index is 12.8. The molecule has 2 amide bonds. The van der Waals surface area contributed by atoms with Crippen molar-refractivity contribution < 1.29 is 19.1 Å². The number of amides is 2. The fourth-order valence-electron chi connectivity index (χ4n) is 4.41. The van der Waals surface area contributed by atoms with Crippen molar-refractivity contribution in [1.29, 1.82) is 0 Å². The number of hydrogen-bond donors (Lipinski definition) is 2. The third-order valence-electron chi connectivity index (χ3n) is 6.24. The number of piperazine rings is 1. The van der Waals surface area contributed by atoms with E-state index in [1.165, 1.54) is 18.4 Å². The Morgan fingerprint density at radius 1 is 1.03 bits per heavy atom. The van der Waals surface area contributed by atoms with Crippen LogP contribution < -0.4 is 20.3 Å². The van der Waals surface area contributed by atoms with Gasteiger partial charge < -0.3 is 25.0 Å². The molecule has 8 heteroatoms. The summed E-state index contributed by atoms with van der Waals surface area (Å²) < 4.78 is 10.6. The first-order valence-corrected chi connectivity index (χ1v) is 11.6. The molecule has 2 heterocycles. The number of aryl methyl sites for hydroxylation is 1. The molecule has 1 saturated heterocycles. The molecule has 0 spiro atoms. The molecule has 0 aromatic heterocycles. The number of nitrogens with one attached hydrogen (secondary N) is 2. The second-order valence-corrected chi connectivity index (χ2v) is 8.52. The minimum absolute atomic E-state index is 0.333. The van der Waals surface area contributed by atoms with Crippen LogP contribution in [0.2, 0.25) is 0 Å². The molecule has 0 bridgehead atoms. The van der Waals surface area contributed by atoms with Gasteiger partial charge in [-0.3, -0.25) is 4.90 Å². The van der Waals surface area contributed by atoms with Gasteiger partial charge in [0.2, 0.25) is 0 Å². The van der Waals surface area contributed by atoms with Gasteiger partial charge in [-0.25, -0.2) is 9.59 Å². The van der Waals surface area contributed by atoms with Gasteiger partial charge >= 0.3 is 12.0 Å². The van der Waals surface area contributed by atoms with Crippen LogP contribution in [0.15, 0.2) is 59.8 Å². The Kier molecular flexibility index (Phi) is 7.37. The van der Waals surface area contributed by atoms with Gasteiger partial charge in [-0.05, 0) is 43.7 Å². The number of urea groups is 1. The van der Waals surface area contributed by atoms with E-state index in [-0.39, 0.29) is 6.03 Å². The number of anilines is 1. The van der Waals surface area contributed by atoms with Crippen LogP contribution in [0.1, 0.15) is 24.1 Å². The summed E-state index contributed by atoms with van der Waals surface area (Å²) in [5.74, 6) is 0.279. The summed E-state index contributed by atoms with van der Waals surface area (Å²) in [7, 11) is 1.36. The van der Waals surface area contributed by atoms with E-state index in [1.54, 1.807) is 0 Å². The summed E-state index contributed by atoms with van der Waals surface area (Å²) in [6, 6.07) is 15.0. The molecule has 0 aliphatic carbocycles. The third kappa shape index (κ3) is 5.34. The van der Waals surface area contributed by atoms with Crippen molar-refractivity contribution >= 4 is 17.7 Å². The molecule has 1 atom stereocenters. The molecule has 2 aromatic rings. The third-order valence-corrected chi connectivity index (χ3v) is 6.24. The Bertz CT molecular complexity index is 1040. The molecule has 34 heavy (non-hydrogen) atoms. The molecule has 2 aromatic carbocycles. The highest BCUT2D eigenvalue weighted by Crippen LogP contribution is 2.29. The van der Waals surface area contributed by atoms with Gasteiger partial charge in [-0.1, -0.05) is 29.8 Å². The van der Waals surface area contributed by atoms with Crippen LogP contribution in [0.5, 0.6) is 5.75 Å². The summed E-state index contributed by atoms with van der Waals surface area (Å²) in [4.78, 5) is 30.0. The second-order valence-electron chi connectivity index (χ2n) is 8.52. The monoisotopic (exact) mass is 464 g/mol. The normalized spacial score (nSPS) is 18.9. The van der Waals surface area contributed by atoms with E-state index in [0.717, 1.165) is 37.5 Å². The Labute approximate surface area is 200 Å². The smallest absolute Gasteiger partial charge is 0.338 e. The standard InChI is InChI=1S/C26H32N4O4/c1-4-34-21-11-7-19(8-12-21)24-23(25(31)33-3)22(27-26(32)28-24)17-29-13-15-30(16-14-29)20-9-5-18(2)6-10-20/h5-12,24H,4,13-17H2,1-3H3,(H2,27,28,32). The summed E-state index contributed by atoms with van der Waals surface area (Å²) in [6.07, 6.45) is 0. The number of nitrogens with zero attached hydrogens (tertiary/aromatic N) is 2.